The molecule has 2 amide bonds. The summed E-state index contributed by atoms with van der Waals surface area (Å²) < 4.78 is 23.1. The Labute approximate surface area is 130 Å². The number of amides is 2. The number of aromatic amines is 1. The average Bonchev–Trinajstić information content (AvgIpc) is 2.77. The van der Waals surface area contributed by atoms with E-state index in [1.165, 1.54) is 18.2 Å². The van der Waals surface area contributed by atoms with Gasteiger partial charge in [0, 0.05) is 11.8 Å². The van der Waals surface area contributed by atoms with Crippen LogP contribution in [0, 0.1) is 6.92 Å². The Morgan fingerprint density at radius 3 is 2.55 bits per heavy atom. The van der Waals surface area contributed by atoms with E-state index in [9.17, 15) is 18.3 Å². The summed E-state index contributed by atoms with van der Waals surface area (Å²) in [7, 11) is -4.31. The number of nitrogens with one attached hydrogen (secondary N) is 1. The van der Waals surface area contributed by atoms with Crippen LogP contribution in [0.25, 0.3) is 0 Å². The Hall–Kier alpha value is -2.30. The first-order valence-electron chi connectivity index (χ1n) is 5.78. The predicted octanol–water partition coefficient (Wildman–Crippen LogP) is 0.941. The number of primary amides is 1. The molecule has 11 heteroatoms. The summed E-state index contributed by atoms with van der Waals surface area (Å²) >= 11 is 5.74. The molecule has 0 atom stereocenters. The maximum absolute atomic E-state index is 11.7. The summed E-state index contributed by atoms with van der Waals surface area (Å²) in [5, 5.41) is 21.3. The minimum absolute atomic E-state index is 0.0722. The van der Waals surface area contributed by atoms with Crippen LogP contribution in [0.2, 0.25) is 5.02 Å². The third kappa shape index (κ3) is 2.84. The van der Waals surface area contributed by atoms with E-state index in [1.807, 2.05) is 0 Å². The smallest absolute Gasteiger partial charge is 0.325 e. The van der Waals surface area contributed by atoms with Gasteiger partial charge in [0.2, 0.25) is 10.0 Å². The van der Waals surface area contributed by atoms with E-state index in [1.54, 1.807) is 6.92 Å². The van der Waals surface area contributed by atoms with Crippen molar-refractivity contribution in [3.63, 3.8) is 0 Å². The fraction of sp³-hybridized carbons (Fsp3) is 0.0909. The summed E-state index contributed by atoms with van der Waals surface area (Å²) in [6, 6.07) is 2.90. The molecule has 22 heavy (non-hydrogen) atoms. The van der Waals surface area contributed by atoms with Gasteiger partial charge in [-0.3, -0.25) is 5.10 Å². The van der Waals surface area contributed by atoms with Gasteiger partial charge in [0.05, 0.1) is 10.7 Å². The lowest BCUT2D eigenvalue weighted by molar-refractivity contribution is 0.255. The number of H-pyrrole nitrogens is 1. The molecule has 2 rings (SSSR count). The molecule has 0 aliphatic rings. The van der Waals surface area contributed by atoms with Crippen LogP contribution in [0.4, 0.5) is 16.3 Å². The van der Waals surface area contributed by atoms with Crippen LogP contribution in [0.1, 0.15) is 5.69 Å². The van der Waals surface area contributed by atoms with Crippen molar-refractivity contribution in [3.05, 3.63) is 28.9 Å². The van der Waals surface area contributed by atoms with Gasteiger partial charge in [-0.05, 0) is 19.1 Å². The number of aromatic hydroxyl groups is 1. The lowest BCUT2D eigenvalue weighted by atomic mass is 10.2. The van der Waals surface area contributed by atoms with Gasteiger partial charge in [0.1, 0.15) is 4.90 Å². The van der Waals surface area contributed by atoms with Crippen molar-refractivity contribution < 1.29 is 18.3 Å². The summed E-state index contributed by atoms with van der Waals surface area (Å²) in [5.74, 6) is -0.725. The van der Waals surface area contributed by atoms with E-state index in [0.29, 0.717) is 5.69 Å². The van der Waals surface area contributed by atoms with Crippen LogP contribution in [0.5, 0.6) is 5.75 Å². The molecule has 0 unspecified atom stereocenters. The number of phenolic OH excluding ortho intramolecular Hbond substituents is 1. The maximum atomic E-state index is 11.7. The highest BCUT2D eigenvalue weighted by Gasteiger charge is 2.27. The van der Waals surface area contributed by atoms with Gasteiger partial charge >= 0.3 is 6.03 Å². The zero-order valence-corrected chi connectivity index (χ0v) is 12.8. The van der Waals surface area contributed by atoms with Crippen molar-refractivity contribution in [2.45, 2.75) is 11.8 Å². The molecule has 6 N–H and O–H groups in total. The maximum Gasteiger partial charge on any atom is 0.325 e. The Morgan fingerprint density at radius 1 is 1.45 bits per heavy atom. The number of nitrogens with zero attached hydrogens (tertiary/aromatic N) is 2. The molecule has 0 aliphatic heterocycles. The van der Waals surface area contributed by atoms with Crippen LogP contribution < -0.4 is 15.8 Å². The zero-order valence-electron chi connectivity index (χ0n) is 11.2. The fourth-order valence-electron chi connectivity index (χ4n) is 1.86. The first kappa shape index (κ1) is 16.1. The van der Waals surface area contributed by atoms with Crippen LogP contribution in [-0.2, 0) is 10.0 Å². The zero-order chi connectivity index (χ0) is 16.7. The molecule has 0 saturated carbocycles. The fourth-order valence-corrected chi connectivity index (χ4v) is 3.05. The second-order valence-corrected chi connectivity index (χ2v) is 6.28. The topological polar surface area (TPSA) is 155 Å². The number of aromatic nitrogens is 2. The highest BCUT2D eigenvalue weighted by Crippen LogP contribution is 2.40. The lowest BCUT2D eigenvalue weighted by Crippen LogP contribution is -2.32. The number of hydrogen-bond donors (Lipinski definition) is 4. The van der Waals surface area contributed by atoms with Crippen molar-refractivity contribution in [3.8, 4) is 5.75 Å². The first-order chi connectivity index (χ1) is 10.1. The van der Waals surface area contributed by atoms with E-state index in [-0.39, 0.29) is 16.5 Å². The Morgan fingerprint density at radius 2 is 2.09 bits per heavy atom. The van der Waals surface area contributed by atoms with Crippen molar-refractivity contribution in [1.82, 2.24) is 10.2 Å². The van der Waals surface area contributed by atoms with Crippen LogP contribution in [0.3, 0.4) is 0 Å². The van der Waals surface area contributed by atoms with Crippen molar-refractivity contribution in [2.75, 3.05) is 4.90 Å². The highest BCUT2D eigenvalue weighted by molar-refractivity contribution is 7.89. The van der Waals surface area contributed by atoms with Crippen LogP contribution >= 0.6 is 11.6 Å². The quantitative estimate of drug-likeness (QED) is 0.651. The number of rotatable bonds is 3. The van der Waals surface area contributed by atoms with Gasteiger partial charge in [-0.15, -0.1) is 0 Å². The average molecular weight is 346 g/mol. The Kier molecular flexibility index (Phi) is 4.00. The molecule has 0 radical (unpaired) electrons. The second-order valence-electron chi connectivity index (χ2n) is 4.37. The molecule has 0 saturated heterocycles. The minimum Gasteiger partial charge on any atom is -0.504 e. The van der Waals surface area contributed by atoms with Crippen molar-refractivity contribution >= 4 is 39.2 Å². The van der Waals surface area contributed by atoms with Crippen molar-refractivity contribution in [1.29, 1.82) is 0 Å². The summed E-state index contributed by atoms with van der Waals surface area (Å²) in [5.41, 5.74) is 5.70. The van der Waals surface area contributed by atoms with Gasteiger partial charge in [0.25, 0.3) is 0 Å². The van der Waals surface area contributed by atoms with Gasteiger partial charge < -0.3 is 10.8 Å². The molecule has 1 heterocycles. The number of anilines is 2. The van der Waals surface area contributed by atoms with Gasteiger partial charge in [-0.1, -0.05) is 11.6 Å². The number of aryl methyl sites for hydroxylation is 1. The number of phenols is 1. The SMILES string of the molecule is Cc1cc(N(C(N)=O)c2ccc(Cl)c(S(N)(=O)=O)c2O)n[nH]1. The number of hydrogen-bond acceptors (Lipinski definition) is 5. The molecule has 0 spiro atoms. The Balaban J connectivity index is 2.72. The molecule has 2 aromatic rings. The largest absolute Gasteiger partial charge is 0.504 e. The number of carbonyl (C=O) groups excluding carboxylic acids is 1. The van der Waals surface area contributed by atoms with Gasteiger partial charge in [-0.2, -0.15) is 5.10 Å². The Bertz CT molecular complexity index is 848. The number of sulfonamides is 1. The minimum atomic E-state index is -4.31. The predicted molar refractivity (Wildman–Crippen MR) is 79.5 cm³/mol. The molecule has 118 valence electrons. The van der Waals surface area contributed by atoms with E-state index in [0.717, 1.165) is 4.90 Å². The summed E-state index contributed by atoms with van der Waals surface area (Å²) in [6.07, 6.45) is 0. The second kappa shape index (κ2) is 5.48. The van der Waals surface area contributed by atoms with Crippen LogP contribution in [-0.4, -0.2) is 29.8 Å². The molecular formula is C11H12ClN5O4S. The highest BCUT2D eigenvalue weighted by atomic mass is 35.5. The van der Waals surface area contributed by atoms with Gasteiger partial charge in [-0.25, -0.2) is 23.3 Å². The van der Waals surface area contributed by atoms with E-state index in [4.69, 9.17) is 22.5 Å². The molecule has 1 aromatic carbocycles. The molecule has 0 aliphatic carbocycles. The standard InChI is InChI=1S/C11H12ClN5O4S/c1-5-4-8(16-15-5)17(11(13)19)7-3-2-6(12)10(9(7)18)22(14,20)21/h2-4,18H,1H3,(H2,13,19)(H,15,16)(H2,14,20,21). The number of carbonyl (C=O) groups is 1. The molecule has 0 fully saturated rings. The third-order valence-electron chi connectivity index (χ3n) is 2.73. The molecule has 9 nitrogen and oxygen atoms in total. The van der Waals surface area contributed by atoms with Gasteiger partial charge in [0.15, 0.2) is 11.6 Å². The molecule has 1 aromatic heterocycles. The van der Waals surface area contributed by atoms with E-state index < -0.39 is 26.7 Å². The van der Waals surface area contributed by atoms with Crippen molar-refractivity contribution in [2.24, 2.45) is 10.9 Å². The summed E-state index contributed by atoms with van der Waals surface area (Å²) in [6.45, 7) is 1.69. The lowest BCUT2D eigenvalue weighted by Gasteiger charge is -2.20. The summed E-state index contributed by atoms with van der Waals surface area (Å²) in [4.78, 5) is 11.8. The number of primary sulfonamides is 1. The molecule has 0 bridgehead atoms. The first-order valence-corrected chi connectivity index (χ1v) is 7.71. The van der Waals surface area contributed by atoms with Crippen LogP contribution in [0.15, 0.2) is 23.1 Å². The number of benzene rings is 1. The third-order valence-corrected chi connectivity index (χ3v) is 4.14. The monoisotopic (exact) mass is 345 g/mol. The normalized spacial score (nSPS) is 11.4. The number of urea groups is 1. The van der Waals surface area contributed by atoms with E-state index in [2.05, 4.69) is 10.2 Å². The van der Waals surface area contributed by atoms with E-state index >= 15 is 0 Å². The molecular weight excluding hydrogens is 334 g/mol. The number of nitrogens with two attached hydrogens (primary N) is 2. The number of halogens is 1.